The Morgan fingerprint density at radius 3 is 2.88 bits per heavy atom. The molecule has 4 rings (SSSR count). The average molecular weight is 350 g/mol. The lowest BCUT2D eigenvalue weighted by Crippen LogP contribution is -2.03. The summed E-state index contributed by atoms with van der Waals surface area (Å²) >= 11 is 0. The molecule has 134 valence electrons. The fraction of sp³-hybridized carbons (Fsp3) is 0.316. The maximum atomic E-state index is 5.44. The van der Waals surface area contributed by atoms with Crippen molar-refractivity contribution in [1.29, 1.82) is 0 Å². The molecule has 1 aromatic carbocycles. The van der Waals surface area contributed by atoms with Crippen molar-refractivity contribution in [2.45, 2.75) is 33.4 Å². The number of nitrogens with zero attached hydrogens (tertiary/aromatic N) is 5. The second-order valence-electron chi connectivity index (χ2n) is 6.33. The second kappa shape index (κ2) is 6.67. The SMILES string of the molecule is CCCn1cc(-c2nc3c(cnn3Cc3ccccc3OC)[nH]2)c(C)n1. The largest absolute Gasteiger partial charge is 0.496 e. The molecule has 1 N–H and O–H groups in total. The molecule has 0 aliphatic carbocycles. The minimum Gasteiger partial charge on any atom is -0.496 e. The second-order valence-corrected chi connectivity index (χ2v) is 6.33. The van der Waals surface area contributed by atoms with Crippen LogP contribution >= 0.6 is 0 Å². The number of aryl methyl sites for hydroxylation is 2. The van der Waals surface area contributed by atoms with Crippen LogP contribution in [0, 0.1) is 6.92 Å². The summed E-state index contributed by atoms with van der Waals surface area (Å²) in [5, 5.41) is 9.03. The maximum absolute atomic E-state index is 5.44. The fourth-order valence-corrected chi connectivity index (χ4v) is 3.18. The Labute approximate surface area is 151 Å². The van der Waals surface area contributed by atoms with Gasteiger partial charge in [0.05, 0.1) is 31.1 Å². The fourth-order valence-electron chi connectivity index (χ4n) is 3.18. The Morgan fingerprint density at radius 1 is 1.23 bits per heavy atom. The monoisotopic (exact) mass is 350 g/mol. The summed E-state index contributed by atoms with van der Waals surface area (Å²) in [4.78, 5) is 8.14. The van der Waals surface area contributed by atoms with Gasteiger partial charge in [-0.15, -0.1) is 0 Å². The van der Waals surface area contributed by atoms with Crippen LogP contribution in [-0.4, -0.2) is 36.6 Å². The summed E-state index contributed by atoms with van der Waals surface area (Å²) in [6.07, 6.45) is 4.91. The molecule has 0 fully saturated rings. The number of para-hydroxylation sites is 1. The lowest BCUT2D eigenvalue weighted by atomic mass is 10.2. The topological polar surface area (TPSA) is 73.6 Å². The van der Waals surface area contributed by atoms with Crippen molar-refractivity contribution in [3.63, 3.8) is 0 Å². The van der Waals surface area contributed by atoms with E-state index < -0.39 is 0 Å². The molecule has 0 aliphatic rings. The number of aromatic nitrogens is 6. The van der Waals surface area contributed by atoms with E-state index in [4.69, 9.17) is 9.72 Å². The van der Waals surface area contributed by atoms with Gasteiger partial charge in [0.25, 0.3) is 0 Å². The van der Waals surface area contributed by atoms with E-state index in [1.807, 2.05) is 46.7 Å². The van der Waals surface area contributed by atoms with Gasteiger partial charge in [0.1, 0.15) is 17.1 Å². The van der Waals surface area contributed by atoms with E-state index in [1.54, 1.807) is 7.11 Å². The van der Waals surface area contributed by atoms with Gasteiger partial charge in [-0.05, 0) is 19.4 Å². The smallest absolute Gasteiger partial charge is 0.177 e. The quantitative estimate of drug-likeness (QED) is 0.578. The highest BCUT2D eigenvalue weighted by Gasteiger charge is 2.15. The zero-order valence-electron chi connectivity index (χ0n) is 15.2. The molecule has 0 amide bonds. The van der Waals surface area contributed by atoms with Crippen LogP contribution < -0.4 is 4.74 Å². The number of hydrogen-bond acceptors (Lipinski definition) is 4. The standard InChI is InChI=1S/C19H22N6O/c1-4-9-24-12-15(13(2)23-24)18-21-16-10-20-25(19(16)22-18)11-14-7-5-6-8-17(14)26-3/h5-8,10,12H,4,9,11H2,1-3H3,(H,21,22). The number of methoxy groups -OCH3 is 1. The molecule has 0 bridgehead atoms. The summed E-state index contributed by atoms with van der Waals surface area (Å²) in [6.45, 7) is 5.66. The molecule has 4 aromatic rings. The lowest BCUT2D eigenvalue weighted by Gasteiger charge is -2.08. The molecular formula is C19H22N6O. The van der Waals surface area contributed by atoms with E-state index in [9.17, 15) is 0 Å². The molecule has 3 heterocycles. The summed E-state index contributed by atoms with van der Waals surface area (Å²) in [5.74, 6) is 1.68. The van der Waals surface area contributed by atoms with Gasteiger partial charge in [-0.1, -0.05) is 25.1 Å². The number of H-pyrrole nitrogens is 1. The predicted molar refractivity (Wildman–Crippen MR) is 100 cm³/mol. The lowest BCUT2D eigenvalue weighted by molar-refractivity contribution is 0.407. The van der Waals surface area contributed by atoms with E-state index in [0.29, 0.717) is 6.54 Å². The van der Waals surface area contributed by atoms with Crippen LogP contribution in [0.2, 0.25) is 0 Å². The van der Waals surface area contributed by atoms with Crippen molar-refractivity contribution in [1.82, 2.24) is 29.5 Å². The molecule has 0 aliphatic heterocycles. The highest BCUT2D eigenvalue weighted by molar-refractivity contribution is 5.76. The van der Waals surface area contributed by atoms with Crippen LogP contribution in [-0.2, 0) is 13.1 Å². The van der Waals surface area contributed by atoms with Crippen molar-refractivity contribution in [2.75, 3.05) is 7.11 Å². The first-order chi connectivity index (χ1) is 12.7. The van der Waals surface area contributed by atoms with Crippen molar-refractivity contribution >= 4 is 11.2 Å². The minimum atomic E-state index is 0.603. The van der Waals surface area contributed by atoms with Crippen LogP contribution in [0.25, 0.3) is 22.6 Å². The van der Waals surface area contributed by atoms with Crippen LogP contribution in [0.1, 0.15) is 24.6 Å². The molecule has 0 saturated carbocycles. The third kappa shape index (κ3) is 2.85. The van der Waals surface area contributed by atoms with Crippen molar-refractivity contribution in [3.8, 4) is 17.1 Å². The summed E-state index contributed by atoms with van der Waals surface area (Å²) in [7, 11) is 1.68. The van der Waals surface area contributed by atoms with Gasteiger partial charge >= 0.3 is 0 Å². The Kier molecular flexibility index (Phi) is 4.20. The van der Waals surface area contributed by atoms with Crippen molar-refractivity contribution in [2.24, 2.45) is 0 Å². The van der Waals surface area contributed by atoms with Crippen molar-refractivity contribution in [3.05, 3.63) is 47.9 Å². The zero-order valence-corrected chi connectivity index (χ0v) is 15.2. The van der Waals surface area contributed by atoms with Crippen LogP contribution in [0.4, 0.5) is 0 Å². The Balaban J connectivity index is 1.69. The van der Waals surface area contributed by atoms with Gasteiger partial charge in [-0.25, -0.2) is 9.67 Å². The van der Waals surface area contributed by atoms with E-state index >= 15 is 0 Å². The average Bonchev–Trinajstić information content (AvgIpc) is 3.31. The Hall–Kier alpha value is -3.09. The van der Waals surface area contributed by atoms with E-state index in [-0.39, 0.29) is 0 Å². The van der Waals surface area contributed by atoms with Gasteiger partial charge in [0.2, 0.25) is 0 Å². The zero-order chi connectivity index (χ0) is 18.1. The first-order valence-corrected chi connectivity index (χ1v) is 8.77. The number of rotatable bonds is 6. The first kappa shape index (κ1) is 16.4. The summed E-state index contributed by atoms with van der Waals surface area (Å²) in [5.41, 5.74) is 4.81. The molecule has 7 heteroatoms. The number of imidazole rings is 1. The summed E-state index contributed by atoms with van der Waals surface area (Å²) in [6, 6.07) is 7.96. The molecule has 0 radical (unpaired) electrons. The van der Waals surface area contributed by atoms with Crippen molar-refractivity contribution < 1.29 is 4.74 Å². The third-order valence-corrected chi connectivity index (χ3v) is 4.45. The Morgan fingerprint density at radius 2 is 2.08 bits per heavy atom. The first-order valence-electron chi connectivity index (χ1n) is 8.77. The third-order valence-electron chi connectivity index (χ3n) is 4.45. The molecule has 0 saturated heterocycles. The molecule has 7 nitrogen and oxygen atoms in total. The molecule has 3 aromatic heterocycles. The number of hydrogen-bond donors (Lipinski definition) is 1. The predicted octanol–water partition coefficient (Wildman–Crippen LogP) is 3.40. The van der Waals surface area contributed by atoms with Gasteiger partial charge < -0.3 is 9.72 Å². The number of ether oxygens (including phenoxy) is 1. The normalized spacial score (nSPS) is 11.3. The molecule has 26 heavy (non-hydrogen) atoms. The molecule has 0 unspecified atom stereocenters. The molecule has 0 spiro atoms. The minimum absolute atomic E-state index is 0.603. The summed E-state index contributed by atoms with van der Waals surface area (Å²) < 4.78 is 9.30. The molecular weight excluding hydrogens is 328 g/mol. The van der Waals surface area contributed by atoms with Gasteiger partial charge in [-0.2, -0.15) is 10.2 Å². The van der Waals surface area contributed by atoms with E-state index in [1.165, 1.54) is 0 Å². The number of nitrogens with one attached hydrogen (secondary N) is 1. The van der Waals surface area contributed by atoms with E-state index in [2.05, 4.69) is 28.3 Å². The van der Waals surface area contributed by atoms with Crippen LogP contribution in [0.5, 0.6) is 5.75 Å². The number of benzene rings is 1. The number of aromatic amines is 1. The maximum Gasteiger partial charge on any atom is 0.177 e. The van der Waals surface area contributed by atoms with Gasteiger partial charge in [-0.3, -0.25) is 4.68 Å². The Bertz CT molecular complexity index is 1040. The molecule has 0 atom stereocenters. The van der Waals surface area contributed by atoms with Gasteiger partial charge in [0, 0.05) is 18.3 Å². The van der Waals surface area contributed by atoms with Crippen LogP contribution in [0.15, 0.2) is 36.7 Å². The van der Waals surface area contributed by atoms with E-state index in [0.717, 1.165) is 52.5 Å². The number of fused-ring (bicyclic) bond motifs is 1. The van der Waals surface area contributed by atoms with Crippen LogP contribution in [0.3, 0.4) is 0 Å². The highest BCUT2D eigenvalue weighted by atomic mass is 16.5. The highest BCUT2D eigenvalue weighted by Crippen LogP contribution is 2.24. The van der Waals surface area contributed by atoms with Gasteiger partial charge in [0.15, 0.2) is 5.65 Å².